The highest BCUT2D eigenvalue weighted by molar-refractivity contribution is 6.30. The molecule has 0 aromatic heterocycles. The first-order chi connectivity index (χ1) is 9.99. The van der Waals surface area contributed by atoms with Gasteiger partial charge in [0.1, 0.15) is 11.6 Å². The average molecular weight is 309 g/mol. The van der Waals surface area contributed by atoms with Gasteiger partial charge < -0.3 is 4.74 Å². The van der Waals surface area contributed by atoms with Gasteiger partial charge in [-0.05, 0) is 42.7 Å². The monoisotopic (exact) mass is 308 g/mol. The molecule has 0 saturated carbocycles. The predicted molar refractivity (Wildman–Crippen MR) is 83.0 cm³/mol. The van der Waals surface area contributed by atoms with Gasteiger partial charge in [0.15, 0.2) is 0 Å². The van der Waals surface area contributed by atoms with Crippen molar-refractivity contribution in [2.75, 3.05) is 7.11 Å². The number of hydrogen-bond acceptors (Lipinski definition) is 3. The smallest absolute Gasteiger partial charge is 0.142 e. The topological polar surface area (TPSA) is 47.3 Å². The van der Waals surface area contributed by atoms with Crippen molar-refractivity contribution in [3.63, 3.8) is 0 Å². The summed E-state index contributed by atoms with van der Waals surface area (Å²) in [6.07, 6.45) is 0. The van der Waals surface area contributed by atoms with Crippen molar-refractivity contribution in [3.05, 3.63) is 63.4 Å². The van der Waals surface area contributed by atoms with E-state index in [4.69, 9.17) is 22.2 Å². The molecule has 0 fully saturated rings. The summed E-state index contributed by atoms with van der Waals surface area (Å²) in [5.74, 6) is 5.94. The SMILES string of the molecule is COc1c(C(NN)c2ccc(Cl)c(F)c2)ccc(C)c1C. The standard InChI is InChI=1S/C16H18ClFN2O/c1-9-4-6-12(16(21-3)10(9)2)15(20-19)11-5-7-13(17)14(18)8-11/h4-8,15,20H,19H2,1-3H3. The van der Waals surface area contributed by atoms with E-state index in [2.05, 4.69) is 5.43 Å². The molecule has 21 heavy (non-hydrogen) atoms. The van der Waals surface area contributed by atoms with E-state index in [0.717, 1.165) is 22.4 Å². The first-order valence-corrected chi connectivity index (χ1v) is 6.92. The zero-order valence-corrected chi connectivity index (χ0v) is 13.0. The summed E-state index contributed by atoms with van der Waals surface area (Å²) < 4.78 is 19.2. The lowest BCUT2D eigenvalue weighted by Gasteiger charge is -2.22. The molecule has 0 radical (unpaired) electrons. The van der Waals surface area contributed by atoms with Gasteiger partial charge in [0.05, 0.1) is 18.2 Å². The lowest BCUT2D eigenvalue weighted by Crippen LogP contribution is -2.29. The molecule has 3 nitrogen and oxygen atoms in total. The number of aryl methyl sites for hydroxylation is 1. The molecule has 0 aliphatic rings. The quantitative estimate of drug-likeness (QED) is 0.669. The molecule has 2 rings (SSSR count). The molecule has 0 bridgehead atoms. The average Bonchev–Trinajstić information content (AvgIpc) is 2.47. The number of rotatable bonds is 4. The fourth-order valence-corrected chi connectivity index (χ4v) is 2.48. The Morgan fingerprint density at radius 2 is 1.95 bits per heavy atom. The van der Waals surface area contributed by atoms with Crippen LogP contribution in [0.3, 0.4) is 0 Å². The molecular formula is C16H18ClFN2O. The van der Waals surface area contributed by atoms with E-state index in [-0.39, 0.29) is 11.1 Å². The first-order valence-electron chi connectivity index (χ1n) is 6.54. The summed E-state index contributed by atoms with van der Waals surface area (Å²) in [7, 11) is 1.61. The summed E-state index contributed by atoms with van der Waals surface area (Å²) in [4.78, 5) is 0. The number of hydrazine groups is 1. The molecule has 1 unspecified atom stereocenters. The molecule has 0 spiro atoms. The largest absolute Gasteiger partial charge is 0.496 e. The zero-order valence-electron chi connectivity index (χ0n) is 12.2. The van der Waals surface area contributed by atoms with Crippen molar-refractivity contribution in [2.24, 2.45) is 5.84 Å². The number of nitrogens with two attached hydrogens (primary N) is 1. The summed E-state index contributed by atoms with van der Waals surface area (Å²) in [6.45, 7) is 3.99. The molecule has 0 aliphatic carbocycles. The number of halogens is 2. The Balaban J connectivity index is 2.56. The van der Waals surface area contributed by atoms with Crippen LogP contribution in [-0.4, -0.2) is 7.11 Å². The van der Waals surface area contributed by atoms with Gasteiger partial charge in [0, 0.05) is 5.56 Å². The molecule has 3 N–H and O–H groups in total. The van der Waals surface area contributed by atoms with Crippen LogP contribution in [0.25, 0.3) is 0 Å². The van der Waals surface area contributed by atoms with E-state index < -0.39 is 5.82 Å². The normalized spacial score (nSPS) is 12.3. The van der Waals surface area contributed by atoms with Crippen LogP contribution in [-0.2, 0) is 0 Å². The summed E-state index contributed by atoms with van der Waals surface area (Å²) in [5.41, 5.74) is 6.40. The Kier molecular flexibility index (Phi) is 4.83. The van der Waals surface area contributed by atoms with Crippen molar-refractivity contribution >= 4 is 11.6 Å². The highest BCUT2D eigenvalue weighted by Crippen LogP contribution is 2.34. The summed E-state index contributed by atoms with van der Waals surface area (Å²) >= 11 is 5.73. The van der Waals surface area contributed by atoms with Gasteiger partial charge in [-0.2, -0.15) is 0 Å². The van der Waals surface area contributed by atoms with Crippen LogP contribution in [0.15, 0.2) is 30.3 Å². The van der Waals surface area contributed by atoms with Crippen molar-refractivity contribution < 1.29 is 9.13 Å². The lowest BCUT2D eigenvalue weighted by molar-refractivity contribution is 0.400. The number of benzene rings is 2. The number of methoxy groups -OCH3 is 1. The van der Waals surface area contributed by atoms with Crippen LogP contribution in [0, 0.1) is 19.7 Å². The number of hydrogen-bond donors (Lipinski definition) is 2. The molecule has 2 aromatic rings. The second kappa shape index (κ2) is 6.43. The lowest BCUT2D eigenvalue weighted by atomic mass is 9.94. The summed E-state index contributed by atoms with van der Waals surface area (Å²) in [6, 6.07) is 8.17. The highest BCUT2D eigenvalue weighted by atomic mass is 35.5. The molecule has 0 aliphatic heterocycles. The number of nitrogens with one attached hydrogen (secondary N) is 1. The van der Waals surface area contributed by atoms with Gasteiger partial charge in [-0.3, -0.25) is 5.84 Å². The van der Waals surface area contributed by atoms with E-state index in [1.807, 2.05) is 26.0 Å². The third-order valence-electron chi connectivity index (χ3n) is 3.67. The predicted octanol–water partition coefficient (Wildman–Crippen LogP) is 3.66. The van der Waals surface area contributed by atoms with E-state index in [1.54, 1.807) is 13.2 Å². The van der Waals surface area contributed by atoms with Crippen LogP contribution in [0.1, 0.15) is 28.3 Å². The Morgan fingerprint density at radius 3 is 2.52 bits per heavy atom. The van der Waals surface area contributed by atoms with Crippen molar-refractivity contribution in [1.82, 2.24) is 5.43 Å². The third-order valence-corrected chi connectivity index (χ3v) is 3.97. The summed E-state index contributed by atoms with van der Waals surface area (Å²) in [5, 5.41) is 0.0848. The van der Waals surface area contributed by atoms with E-state index in [1.165, 1.54) is 12.1 Å². The molecule has 112 valence electrons. The van der Waals surface area contributed by atoms with Crippen molar-refractivity contribution in [3.8, 4) is 5.75 Å². The molecule has 1 atom stereocenters. The van der Waals surface area contributed by atoms with Gasteiger partial charge in [-0.1, -0.05) is 29.8 Å². The van der Waals surface area contributed by atoms with E-state index in [9.17, 15) is 4.39 Å². The second-order valence-electron chi connectivity index (χ2n) is 4.90. The molecule has 0 amide bonds. The van der Waals surface area contributed by atoms with Crippen LogP contribution in [0.4, 0.5) is 4.39 Å². The minimum absolute atomic E-state index is 0.0848. The fraction of sp³-hybridized carbons (Fsp3) is 0.250. The maximum Gasteiger partial charge on any atom is 0.142 e. The molecule has 0 saturated heterocycles. The van der Waals surface area contributed by atoms with Gasteiger partial charge in [-0.25, -0.2) is 9.82 Å². The molecular weight excluding hydrogens is 291 g/mol. The fourth-order valence-electron chi connectivity index (χ4n) is 2.37. The second-order valence-corrected chi connectivity index (χ2v) is 5.31. The number of ether oxygens (including phenoxy) is 1. The van der Waals surface area contributed by atoms with E-state index >= 15 is 0 Å². The zero-order chi connectivity index (χ0) is 15.6. The Morgan fingerprint density at radius 1 is 1.24 bits per heavy atom. The minimum Gasteiger partial charge on any atom is -0.496 e. The first kappa shape index (κ1) is 15.8. The maximum absolute atomic E-state index is 13.7. The van der Waals surface area contributed by atoms with E-state index in [0.29, 0.717) is 5.56 Å². The van der Waals surface area contributed by atoms with Crippen LogP contribution >= 0.6 is 11.6 Å². The Bertz CT molecular complexity index is 661. The van der Waals surface area contributed by atoms with Crippen LogP contribution in [0.5, 0.6) is 5.75 Å². The Hall–Kier alpha value is -1.62. The minimum atomic E-state index is -0.475. The molecule has 2 aromatic carbocycles. The van der Waals surface area contributed by atoms with Gasteiger partial charge in [-0.15, -0.1) is 0 Å². The van der Waals surface area contributed by atoms with Gasteiger partial charge >= 0.3 is 0 Å². The maximum atomic E-state index is 13.7. The highest BCUT2D eigenvalue weighted by Gasteiger charge is 2.20. The molecule has 5 heteroatoms. The van der Waals surface area contributed by atoms with Gasteiger partial charge in [0.2, 0.25) is 0 Å². The Labute approximate surface area is 128 Å². The van der Waals surface area contributed by atoms with Crippen LogP contribution in [0.2, 0.25) is 5.02 Å². The van der Waals surface area contributed by atoms with Crippen molar-refractivity contribution in [2.45, 2.75) is 19.9 Å². The van der Waals surface area contributed by atoms with Crippen LogP contribution < -0.4 is 16.0 Å². The van der Waals surface area contributed by atoms with Gasteiger partial charge in [0.25, 0.3) is 0 Å². The third kappa shape index (κ3) is 3.02. The molecule has 0 heterocycles. The van der Waals surface area contributed by atoms with Crippen molar-refractivity contribution in [1.29, 1.82) is 0 Å².